The summed E-state index contributed by atoms with van der Waals surface area (Å²) in [6.45, 7) is 13.1. The Hall–Kier alpha value is -0.610. The molecule has 0 fully saturated rings. The molecule has 0 heterocycles. The fraction of sp³-hybridized carbons (Fsp3) is 0.923. The molecule has 1 N–H and O–H groups in total. The zero-order valence-electron chi connectivity index (χ0n) is 12.3. The van der Waals surface area contributed by atoms with Crippen LogP contribution < -0.4 is 5.32 Å². The van der Waals surface area contributed by atoms with Crippen LogP contribution in [0.15, 0.2) is 0 Å². The zero-order valence-corrected chi connectivity index (χ0v) is 12.3. The van der Waals surface area contributed by atoms with Gasteiger partial charge >= 0.3 is 5.97 Å². The van der Waals surface area contributed by atoms with E-state index in [2.05, 4.69) is 24.1 Å². The van der Waals surface area contributed by atoms with Gasteiger partial charge in [0.15, 0.2) is 0 Å². The van der Waals surface area contributed by atoms with Crippen molar-refractivity contribution in [3.63, 3.8) is 0 Å². The van der Waals surface area contributed by atoms with Crippen molar-refractivity contribution in [3.05, 3.63) is 0 Å². The summed E-state index contributed by atoms with van der Waals surface area (Å²) < 4.78 is 5.16. The Kier molecular flexibility index (Phi) is 6.72. The maximum absolute atomic E-state index is 12.0. The zero-order chi connectivity index (χ0) is 13.6. The van der Waals surface area contributed by atoms with Crippen LogP contribution in [-0.2, 0) is 9.53 Å². The van der Waals surface area contributed by atoms with Crippen molar-refractivity contribution >= 4 is 5.97 Å². The molecule has 0 rings (SSSR count). The number of hydrogen-bond acceptors (Lipinski definition) is 4. The SMILES string of the molecule is CCOC(=O)C(C)(CN(C)C(C)C)NC(C)C. The molecule has 0 saturated heterocycles. The minimum absolute atomic E-state index is 0.179. The second kappa shape index (κ2) is 6.97. The van der Waals surface area contributed by atoms with E-state index in [9.17, 15) is 4.79 Å². The van der Waals surface area contributed by atoms with Gasteiger partial charge in [0.1, 0.15) is 5.54 Å². The number of carbonyl (C=O) groups is 1. The van der Waals surface area contributed by atoms with Crippen molar-refractivity contribution in [2.24, 2.45) is 0 Å². The van der Waals surface area contributed by atoms with E-state index >= 15 is 0 Å². The lowest BCUT2D eigenvalue weighted by Gasteiger charge is -2.35. The first-order valence-electron chi connectivity index (χ1n) is 6.38. The Morgan fingerprint density at radius 1 is 1.35 bits per heavy atom. The lowest BCUT2D eigenvalue weighted by molar-refractivity contribution is -0.151. The molecule has 1 atom stereocenters. The van der Waals surface area contributed by atoms with E-state index < -0.39 is 5.54 Å². The van der Waals surface area contributed by atoms with Crippen LogP contribution in [0.4, 0.5) is 0 Å². The normalized spacial score (nSPS) is 15.4. The Labute approximate surface area is 106 Å². The highest BCUT2D eigenvalue weighted by Gasteiger charge is 2.36. The fourth-order valence-electron chi connectivity index (χ4n) is 1.78. The Balaban J connectivity index is 4.77. The molecule has 102 valence electrons. The second-order valence-electron chi connectivity index (χ2n) is 5.36. The Morgan fingerprint density at radius 2 is 1.88 bits per heavy atom. The van der Waals surface area contributed by atoms with E-state index in [0.717, 1.165) is 0 Å². The molecule has 0 spiro atoms. The van der Waals surface area contributed by atoms with Crippen molar-refractivity contribution in [2.45, 2.75) is 59.2 Å². The monoisotopic (exact) mass is 244 g/mol. The van der Waals surface area contributed by atoms with Crippen LogP contribution in [0.1, 0.15) is 41.5 Å². The molecule has 0 aliphatic heterocycles. The summed E-state index contributed by atoms with van der Waals surface area (Å²) in [6, 6.07) is 0.641. The molecule has 1 unspecified atom stereocenters. The summed E-state index contributed by atoms with van der Waals surface area (Å²) in [6.07, 6.45) is 0. The number of esters is 1. The quantitative estimate of drug-likeness (QED) is 0.691. The number of ether oxygens (including phenoxy) is 1. The molecule has 0 amide bonds. The smallest absolute Gasteiger partial charge is 0.327 e. The average Bonchev–Trinajstić information content (AvgIpc) is 2.16. The molecule has 0 bridgehead atoms. The number of nitrogens with one attached hydrogen (secondary N) is 1. The van der Waals surface area contributed by atoms with Crippen molar-refractivity contribution in [1.82, 2.24) is 10.2 Å². The summed E-state index contributed by atoms with van der Waals surface area (Å²) in [5.41, 5.74) is -0.650. The highest BCUT2D eigenvalue weighted by molar-refractivity contribution is 5.80. The summed E-state index contributed by atoms with van der Waals surface area (Å²) in [7, 11) is 2.02. The van der Waals surface area contributed by atoms with Crippen molar-refractivity contribution in [1.29, 1.82) is 0 Å². The van der Waals surface area contributed by atoms with E-state index in [1.54, 1.807) is 0 Å². The van der Waals surface area contributed by atoms with E-state index in [-0.39, 0.29) is 12.0 Å². The summed E-state index contributed by atoms with van der Waals surface area (Å²) in [5, 5.41) is 3.31. The van der Waals surface area contributed by atoms with Gasteiger partial charge in [-0.1, -0.05) is 0 Å². The molecule has 17 heavy (non-hydrogen) atoms. The van der Waals surface area contributed by atoms with Gasteiger partial charge in [0.05, 0.1) is 6.61 Å². The minimum atomic E-state index is -0.650. The van der Waals surface area contributed by atoms with Gasteiger partial charge in [0.25, 0.3) is 0 Å². The number of rotatable bonds is 7. The number of carbonyl (C=O) groups excluding carboxylic acids is 1. The number of nitrogens with zero attached hydrogens (tertiary/aromatic N) is 1. The molecule has 0 aromatic heterocycles. The minimum Gasteiger partial charge on any atom is -0.465 e. The fourth-order valence-corrected chi connectivity index (χ4v) is 1.78. The van der Waals surface area contributed by atoms with Crippen LogP contribution in [0.5, 0.6) is 0 Å². The van der Waals surface area contributed by atoms with E-state index in [1.807, 2.05) is 34.7 Å². The van der Waals surface area contributed by atoms with Gasteiger partial charge in [-0.25, -0.2) is 0 Å². The Morgan fingerprint density at radius 3 is 2.24 bits per heavy atom. The predicted molar refractivity (Wildman–Crippen MR) is 71.1 cm³/mol. The van der Waals surface area contributed by atoms with Gasteiger partial charge in [-0.2, -0.15) is 0 Å². The van der Waals surface area contributed by atoms with Crippen LogP contribution in [0.25, 0.3) is 0 Å². The van der Waals surface area contributed by atoms with Gasteiger partial charge in [-0.05, 0) is 48.6 Å². The van der Waals surface area contributed by atoms with Crippen LogP contribution in [0.2, 0.25) is 0 Å². The average molecular weight is 244 g/mol. The van der Waals surface area contributed by atoms with Crippen molar-refractivity contribution in [3.8, 4) is 0 Å². The van der Waals surface area contributed by atoms with E-state index in [0.29, 0.717) is 19.2 Å². The third kappa shape index (κ3) is 5.50. The maximum Gasteiger partial charge on any atom is 0.327 e. The first kappa shape index (κ1) is 16.4. The van der Waals surface area contributed by atoms with Gasteiger partial charge in [0, 0.05) is 18.6 Å². The topological polar surface area (TPSA) is 41.6 Å². The molecule has 0 aromatic rings. The van der Waals surface area contributed by atoms with Crippen molar-refractivity contribution < 1.29 is 9.53 Å². The van der Waals surface area contributed by atoms with Crippen LogP contribution >= 0.6 is 0 Å². The molecule has 4 heteroatoms. The van der Waals surface area contributed by atoms with Gasteiger partial charge < -0.3 is 9.64 Å². The first-order chi connectivity index (χ1) is 7.73. The third-order valence-electron chi connectivity index (χ3n) is 2.78. The second-order valence-corrected chi connectivity index (χ2v) is 5.36. The summed E-state index contributed by atoms with van der Waals surface area (Å²) in [5.74, 6) is -0.179. The largest absolute Gasteiger partial charge is 0.465 e. The number of likely N-dealkylation sites (N-methyl/N-ethyl adjacent to an activating group) is 1. The molecule has 0 aliphatic rings. The standard InChI is InChI=1S/C13H28N2O2/c1-8-17-12(16)13(6,14-10(2)3)9-15(7)11(4)5/h10-11,14H,8-9H2,1-7H3. The molecular weight excluding hydrogens is 216 g/mol. The van der Waals surface area contributed by atoms with E-state index in [1.165, 1.54) is 0 Å². The van der Waals surface area contributed by atoms with Gasteiger partial charge in [0.2, 0.25) is 0 Å². The molecule has 0 radical (unpaired) electrons. The summed E-state index contributed by atoms with van der Waals surface area (Å²) >= 11 is 0. The predicted octanol–water partition coefficient (Wildman–Crippen LogP) is 1.65. The Bertz CT molecular complexity index is 242. The highest BCUT2D eigenvalue weighted by atomic mass is 16.5. The molecule has 0 saturated carbocycles. The highest BCUT2D eigenvalue weighted by Crippen LogP contribution is 2.12. The number of hydrogen-bond donors (Lipinski definition) is 1. The first-order valence-corrected chi connectivity index (χ1v) is 6.38. The van der Waals surface area contributed by atoms with Crippen molar-refractivity contribution in [2.75, 3.05) is 20.2 Å². The molecule has 0 aliphatic carbocycles. The molecular formula is C13H28N2O2. The van der Waals surface area contributed by atoms with Crippen LogP contribution in [0, 0.1) is 0 Å². The lowest BCUT2D eigenvalue weighted by atomic mass is 10.00. The third-order valence-corrected chi connectivity index (χ3v) is 2.78. The van der Waals surface area contributed by atoms with Gasteiger partial charge in [-0.3, -0.25) is 10.1 Å². The summed E-state index contributed by atoms with van der Waals surface area (Å²) in [4.78, 5) is 14.2. The lowest BCUT2D eigenvalue weighted by Crippen LogP contribution is -2.59. The van der Waals surface area contributed by atoms with Crippen LogP contribution in [-0.4, -0.2) is 48.7 Å². The van der Waals surface area contributed by atoms with E-state index in [4.69, 9.17) is 4.74 Å². The van der Waals surface area contributed by atoms with Gasteiger partial charge in [-0.15, -0.1) is 0 Å². The molecule has 0 aromatic carbocycles. The maximum atomic E-state index is 12.0. The van der Waals surface area contributed by atoms with Crippen LogP contribution in [0.3, 0.4) is 0 Å². The molecule has 4 nitrogen and oxygen atoms in total.